The fourth-order valence-electron chi connectivity index (χ4n) is 3.63. The molecule has 0 saturated heterocycles. The van der Waals surface area contributed by atoms with Crippen molar-refractivity contribution in [2.75, 3.05) is 0 Å². The summed E-state index contributed by atoms with van der Waals surface area (Å²) in [6, 6.07) is 0. The summed E-state index contributed by atoms with van der Waals surface area (Å²) in [6.07, 6.45) is 8.01. The number of rotatable bonds is 4. The normalized spacial score (nSPS) is 34.1. The molecule has 0 heteroatoms. The third-order valence-corrected chi connectivity index (χ3v) is 4.47. The molecule has 88 valence electrons. The first-order chi connectivity index (χ1) is 7.04. The summed E-state index contributed by atoms with van der Waals surface area (Å²) < 4.78 is 0. The van der Waals surface area contributed by atoms with Crippen molar-refractivity contribution in [3.63, 3.8) is 0 Å². The number of allylic oxidation sites excluding steroid dienone is 1. The summed E-state index contributed by atoms with van der Waals surface area (Å²) in [5, 5.41) is 0. The van der Waals surface area contributed by atoms with Gasteiger partial charge in [0, 0.05) is 0 Å². The van der Waals surface area contributed by atoms with E-state index < -0.39 is 0 Å². The van der Waals surface area contributed by atoms with Gasteiger partial charge in [0.1, 0.15) is 0 Å². The molecule has 1 saturated carbocycles. The summed E-state index contributed by atoms with van der Waals surface area (Å²) in [5.74, 6) is 1.72. The van der Waals surface area contributed by atoms with E-state index in [0.717, 1.165) is 11.8 Å². The van der Waals surface area contributed by atoms with Gasteiger partial charge in [0.15, 0.2) is 0 Å². The van der Waals surface area contributed by atoms with Gasteiger partial charge in [-0.1, -0.05) is 52.7 Å². The minimum Gasteiger partial charge on any atom is -0.0998 e. The lowest BCUT2D eigenvalue weighted by Gasteiger charge is -2.45. The van der Waals surface area contributed by atoms with E-state index in [9.17, 15) is 0 Å². The van der Waals surface area contributed by atoms with Gasteiger partial charge >= 0.3 is 0 Å². The average Bonchev–Trinajstić information content (AvgIpc) is 2.16. The smallest absolute Gasteiger partial charge is 0.0235 e. The fraction of sp³-hybridized carbons (Fsp3) is 0.867. The van der Waals surface area contributed by atoms with Crippen LogP contribution in [0.5, 0.6) is 0 Å². The summed E-state index contributed by atoms with van der Waals surface area (Å²) in [6.45, 7) is 13.8. The SMILES string of the molecule is C=C1CC(C)CC(CC)(C(C)CCC)C1. The van der Waals surface area contributed by atoms with Crippen molar-refractivity contribution in [3.05, 3.63) is 12.2 Å². The van der Waals surface area contributed by atoms with E-state index >= 15 is 0 Å². The van der Waals surface area contributed by atoms with Crippen LogP contribution in [-0.2, 0) is 0 Å². The molecule has 0 heterocycles. The van der Waals surface area contributed by atoms with Crippen molar-refractivity contribution >= 4 is 0 Å². The second-order valence-corrected chi connectivity index (χ2v) is 5.85. The number of hydrogen-bond donors (Lipinski definition) is 0. The molecule has 0 bridgehead atoms. The van der Waals surface area contributed by atoms with E-state index in [4.69, 9.17) is 0 Å². The van der Waals surface area contributed by atoms with E-state index in [-0.39, 0.29) is 0 Å². The van der Waals surface area contributed by atoms with Crippen LogP contribution in [0.15, 0.2) is 12.2 Å². The largest absolute Gasteiger partial charge is 0.0998 e. The lowest BCUT2D eigenvalue weighted by atomic mass is 9.60. The lowest BCUT2D eigenvalue weighted by molar-refractivity contribution is 0.0928. The maximum atomic E-state index is 4.25. The van der Waals surface area contributed by atoms with Gasteiger partial charge in [-0.15, -0.1) is 0 Å². The molecule has 1 aliphatic carbocycles. The maximum Gasteiger partial charge on any atom is -0.0235 e. The van der Waals surface area contributed by atoms with Crippen LogP contribution in [0.2, 0.25) is 0 Å². The van der Waals surface area contributed by atoms with Crippen LogP contribution in [0.25, 0.3) is 0 Å². The third kappa shape index (κ3) is 2.86. The van der Waals surface area contributed by atoms with Gasteiger partial charge in [-0.25, -0.2) is 0 Å². The van der Waals surface area contributed by atoms with E-state index in [1.165, 1.54) is 44.1 Å². The van der Waals surface area contributed by atoms with Gasteiger partial charge in [0.05, 0.1) is 0 Å². The van der Waals surface area contributed by atoms with Gasteiger partial charge in [-0.05, 0) is 42.9 Å². The maximum absolute atomic E-state index is 4.25. The van der Waals surface area contributed by atoms with E-state index in [1.807, 2.05) is 0 Å². The summed E-state index contributed by atoms with van der Waals surface area (Å²) in [7, 11) is 0. The average molecular weight is 208 g/mol. The van der Waals surface area contributed by atoms with Crippen molar-refractivity contribution in [2.24, 2.45) is 17.3 Å². The Kier molecular flexibility index (Phi) is 4.43. The third-order valence-electron chi connectivity index (χ3n) is 4.47. The lowest BCUT2D eigenvalue weighted by Crippen LogP contribution is -2.34. The highest BCUT2D eigenvalue weighted by molar-refractivity contribution is 5.07. The Bertz CT molecular complexity index is 216. The zero-order chi connectivity index (χ0) is 11.5. The summed E-state index contributed by atoms with van der Waals surface area (Å²) in [4.78, 5) is 0. The van der Waals surface area contributed by atoms with E-state index in [0.29, 0.717) is 5.41 Å². The zero-order valence-corrected chi connectivity index (χ0v) is 11.1. The molecule has 0 radical (unpaired) electrons. The Morgan fingerprint density at radius 2 is 2.13 bits per heavy atom. The molecular formula is C15H28. The van der Waals surface area contributed by atoms with Crippen LogP contribution in [0, 0.1) is 17.3 Å². The molecule has 15 heavy (non-hydrogen) atoms. The van der Waals surface area contributed by atoms with E-state index in [1.54, 1.807) is 0 Å². The zero-order valence-electron chi connectivity index (χ0n) is 11.1. The van der Waals surface area contributed by atoms with Crippen LogP contribution in [0.1, 0.15) is 66.2 Å². The first kappa shape index (κ1) is 12.8. The Hall–Kier alpha value is -0.260. The highest BCUT2D eigenvalue weighted by Gasteiger charge is 2.38. The second kappa shape index (κ2) is 5.18. The molecule has 0 aromatic rings. The van der Waals surface area contributed by atoms with Crippen LogP contribution >= 0.6 is 0 Å². The molecule has 1 aliphatic rings. The van der Waals surface area contributed by atoms with Crippen LogP contribution in [0.3, 0.4) is 0 Å². The Labute approximate surface area is 96.2 Å². The highest BCUT2D eigenvalue weighted by Crippen LogP contribution is 2.50. The molecule has 0 aromatic heterocycles. The molecule has 1 fully saturated rings. The second-order valence-electron chi connectivity index (χ2n) is 5.85. The van der Waals surface area contributed by atoms with Crippen molar-refractivity contribution in [2.45, 2.75) is 66.2 Å². The molecule has 0 spiro atoms. The molecule has 3 atom stereocenters. The Balaban J connectivity index is 2.77. The molecule has 0 N–H and O–H groups in total. The topological polar surface area (TPSA) is 0 Å². The quantitative estimate of drug-likeness (QED) is 0.557. The van der Waals surface area contributed by atoms with Crippen LogP contribution < -0.4 is 0 Å². The van der Waals surface area contributed by atoms with Crippen molar-refractivity contribution in [1.29, 1.82) is 0 Å². The summed E-state index contributed by atoms with van der Waals surface area (Å²) in [5.41, 5.74) is 2.07. The Morgan fingerprint density at radius 3 is 2.60 bits per heavy atom. The van der Waals surface area contributed by atoms with Gasteiger partial charge in [0.25, 0.3) is 0 Å². The molecule has 1 rings (SSSR count). The highest BCUT2D eigenvalue weighted by atomic mass is 14.4. The van der Waals surface area contributed by atoms with Gasteiger partial charge in [-0.2, -0.15) is 0 Å². The fourth-order valence-corrected chi connectivity index (χ4v) is 3.63. The first-order valence-electron chi connectivity index (χ1n) is 6.70. The van der Waals surface area contributed by atoms with Crippen LogP contribution in [-0.4, -0.2) is 0 Å². The summed E-state index contributed by atoms with van der Waals surface area (Å²) >= 11 is 0. The molecule has 0 aromatic carbocycles. The van der Waals surface area contributed by atoms with Crippen molar-refractivity contribution in [1.82, 2.24) is 0 Å². The minimum atomic E-state index is 0.574. The predicted molar refractivity (Wildman–Crippen MR) is 69.0 cm³/mol. The van der Waals surface area contributed by atoms with Gasteiger partial charge < -0.3 is 0 Å². The standard InChI is InChI=1S/C15H28/c1-6-8-14(5)15(7-2)10-12(3)9-13(4)11-15/h13-14H,3,6-11H2,1-2,4-5H3. The molecule has 0 aliphatic heterocycles. The predicted octanol–water partition coefficient (Wildman–Crippen LogP) is 5.20. The van der Waals surface area contributed by atoms with Crippen molar-refractivity contribution in [3.8, 4) is 0 Å². The number of hydrogen-bond acceptors (Lipinski definition) is 0. The Morgan fingerprint density at radius 1 is 1.47 bits per heavy atom. The van der Waals surface area contributed by atoms with Gasteiger partial charge in [0.2, 0.25) is 0 Å². The van der Waals surface area contributed by atoms with Gasteiger partial charge in [-0.3, -0.25) is 0 Å². The minimum absolute atomic E-state index is 0.574. The first-order valence-corrected chi connectivity index (χ1v) is 6.70. The molecule has 0 amide bonds. The molecular weight excluding hydrogens is 180 g/mol. The molecule has 0 nitrogen and oxygen atoms in total. The van der Waals surface area contributed by atoms with Crippen molar-refractivity contribution < 1.29 is 0 Å². The van der Waals surface area contributed by atoms with Crippen LogP contribution in [0.4, 0.5) is 0 Å². The molecule has 3 unspecified atom stereocenters. The van der Waals surface area contributed by atoms with E-state index in [2.05, 4.69) is 34.3 Å². The monoisotopic (exact) mass is 208 g/mol.